The second-order valence-electron chi connectivity index (χ2n) is 3.29. The fourth-order valence-corrected chi connectivity index (χ4v) is 1.80. The van der Waals surface area contributed by atoms with Crippen molar-refractivity contribution in [2.75, 3.05) is 0 Å². The minimum atomic E-state index is -1.27. The molecule has 1 aliphatic rings. The first-order valence-corrected chi connectivity index (χ1v) is 4.38. The first-order valence-electron chi connectivity index (χ1n) is 4.38. The van der Waals surface area contributed by atoms with Crippen LogP contribution in [0.5, 0.6) is 5.75 Å². The van der Waals surface area contributed by atoms with Crippen molar-refractivity contribution in [3.8, 4) is 5.75 Å². The highest BCUT2D eigenvalue weighted by molar-refractivity contribution is 5.58. The van der Waals surface area contributed by atoms with Crippen LogP contribution >= 0.6 is 0 Å². The molecule has 0 bridgehead atoms. The van der Waals surface area contributed by atoms with Gasteiger partial charge in [0.25, 0.3) is 0 Å². The number of phenols is 1. The SMILES string of the molecule is O=C(O)OC1CCc2ccc(O)cc21. The number of ether oxygens (including phenoxy) is 1. The van der Waals surface area contributed by atoms with E-state index in [2.05, 4.69) is 0 Å². The molecule has 1 aromatic rings. The largest absolute Gasteiger partial charge is 0.508 e. The Labute approximate surface area is 80.7 Å². The average molecular weight is 194 g/mol. The highest BCUT2D eigenvalue weighted by atomic mass is 16.7. The Morgan fingerprint density at radius 2 is 2.29 bits per heavy atom. The summed E-state index contributed by atoms with van der Waals surface area (Å²) < 4.78 is 4.70. The smallest absolute Gasteiger partial charge is 0.506 e. The van der Waals surface area contributed by atoms with E-state index in [0.717, 1.165) is 17.5 Å². The lowest BCUT2D eigenvalue weighted by Gasteiger charge is -2.10. The Bertz CT molecular complexity index is 372. The number of carbonyl (C=O) groups is 1. The van der Waals surface area contributed by atoms with Crippen LogP contribution < -0.4 is 0 Å². The van der Waals surface area contributed by atoms with Gasteiger partial charge in [0.05, 0.1) is 0 Å². The van der Waals surface area contributed by atoms with Crippen LogP contribution in [0.15, 0.2) is 18.2 Å². The van der Waals surface area contributed by atoms with E-state index in [1.807, 2.05) is 0 Å². The van der Waals surface area contributed by atoms with Crippen molar-refractivity contribution in [1.82, 2.24) is 0 Å². The predicted octanol–water partition coefficient (Wildman–Crippen LogP) is 2.07. The molecule has 0 amide bonds. The van der Waals surface area contributed by atoms with Crippen LogP contribution in [0.2, 0.25) is 0 Å². The predicted molar refractivity (Wildman–Crippen MR) is 48.3 cm³/mol. The van der Waals surface area contributed by atoms with Gasteiger partial charge in [-0.2, -0.15) is 0 Å². The van der Waals surface area contributed by atoms with Crippen LogP contribution in [0.4, 0.5) is 4.79 Å². The number of hydrogen-bond donors (Lipinski definition) is 2. The van der Waals surface area contributed by atoms with E-state index in [0.29, 0.717) is 6.42 Å². The van der Waals surface area contributed by atoms with Gasteiger partial charge in [-0.15, -0.1) is 0 Å². The fraction of sp³-hybridized carbons (Fsp3) is 0.300. The molecule has 14 heavy (non-hydrogen) atoms. The summed E-state index contributed by atoms with van der Waals surface area (Å²) in [5.41, 5.74) is 1.83. The van der Waals surface area contributed by atoms with Gasteiger partial charge >= 0.3 is 6.16 Å². The number of aryl methyl sites for hydroxylation is 1. The van der Waals surface area contributed by atoms with Crippen LogP contribution in [0.25, 0.3) is 0 Å². The lowest BCUT2D eigenvalue weighted by atomic mass is 10.1. The van der Waals surface area contributed by atoms with E-state index in [1.54, 1.807) is 18.2 Å². The van der Waals surface area contributed by atoms with Crippen molar-refractivity contribution in [2.24, 2.45) is 0 Å². The summed E-state index contributed by atoms with van der Waals surface area (Å²) in [6.07, 6.45) is -0.237. The Hall–Kier alpha value is -1.71. The number of hydrogen-bond acceptors (Lipinski definition) is 3. The van der Waals surface area contributed by atoms with Crippen molar-refractivity contribution >= 4 is 6.16 Å². The summed E-state index contributed by atoms with van der Waals surface area (Å²) in [7, 11) is 0. The standard InChI is InChI=1S/C10H10O4/c11-7-3-1-6-2-4-9(8(6)5-7)14-10(12)13/h1,3,5,9,11H,2,4H2,(H,12,13). The number of phenolic OH excluding ortho intramolecular Hbond substituents is 1. The van der Waals surface area contributed by atoms with Crippen molar-refractivity contribution in [3.05, 3.63) is 29.3 Å². The molecular weight excluding hydrogens is 184 g/mol. The third-order valence-electron chi connectivity index (χ3n) is 2.40. The molecule has 1 aromatic carbocycles. The molecule has 0 aliphatic heterocycles. The Morgan fingerprint density at radius 3 is 3.00 bits per heavy atom. The summed E-state index contributed by atoms with van der Waals surface area (Å²) in [4.78, 5) is 10.4. The summed E-state index contributed by atoms with van der Waals surface area (Å²) in [6.45, 7) is 0. The normalized spacial score (nSPS) is 19.0. The van der Waals surface area contributed by atoms with Crippen molar-refractivity contribution in [1.29, 1.82) is 0 Å². The second kappa shape index (κ2) is 3.21. The summed E-state index contributed by atoms with van der Waals surface area (Å²) in [5.74, 6) is 0.143. The molecule has 1 atom stereocenters. The van der Waals surface area contributed by atoms with Gasteiger partial charge in [0.2, 0.25) is 0 Å². The van der Waals surface area contributed by atoms with Crippen LogP contribution in [-0.2, 0) is 11.2 Å². The molecule has 0 saturated heterocycles. The van der Waals surface area contributed by atoms with E-state index < -0.39 is 12.3 Å². The molecule has 0 fully saturated rings. The summed E-state index contributed by atoms with van der Waals surface area (Å²) in [5, 5.41) is 17.7. The monoisotopic (exact) mass is 194 g/mol. The highest BCUT2D eigenvalue weighted by Crippen LogP contribution is 2.35. The number of aromatic hydroxyl groups is 1. The van der Waals surface area contributed by atoms with Crippen molar-refractivity contribution < 1.29 is 19.7 Å². The first kappa shape index (κ1) is 8.87. The van der Waals surface area contributed by atoms with Gasteiger partial charge in [0, 0.05) is 0 Å². The van der Waals surface area contributed by atoms with Gasteiger partial charge < -0.3 is 14.9 Å². The third kappa shape index (κ3) is 1.51. The lowest BCUT2D eigenvalue weighted by Crippen LogP contribution is -2.05. The Balaban J connectivity index is 2.28. The second-order valence-corrected chi connectivity index (χ2v) is 3.29. The minimum Gasteiger partial charge on any atom is -0.508 e. The van der Waals surface area contributed by atoms with Gasteiger partial charge in [-0.3, -0.25) is 0 Å². The molecule has 2 N–H and O–H groups in total. The Morgan fingerprint density at radius 1 is 1.50 bits per heavy atom. The number of carboxylic acid groups (broad SMARTS) is 1. The average Bonchev–Trinajstić information content (AvgIpc) is 2.47. The van der Waals surface area contributed by atoms with E-state index in [4.69, 9.17) is 9.84 Å². The number of rotatable bonds is 1. The third-order valence-corrected chi connectivity index (χ3v) is 2.40. The summed E-state index contributed by atoms with van der Waals surface area (Å²) in [6, 6.07) is 4.97. The van der Waals surface area contributed by atoms with Crippen LogP contribution in [0.3, 0.4) is 0 Å². The van der Waals surface area contributed by atoms with Crippen LogP contribution in [0, 0.1) is 0 Å². The molecule has 2 rings (SSSR count). The topological polar surface area (TPSA) is 66.8 Å². The van der Waals surface area contributed by atoms with Gasteiger partial charge in [0.1, 0.15) is 11.9 Å². The quantitative estimate of drug-likeness (QED) is 0.671. The van der Waals surface area contributed by atoms with E-state index in [9.17, 15) is 9.90 Å². The summed E-state index contributed by atoms with van der Waals surface area (Å²) >= 11 is 0. The minimum absolute atomic E-state index is 0.143. The molecule has 0 radical (unpaired) electrons. The maximum Gasteiger partial charge on any atom is 0.506 e. The molecular formula is C10H10O4. The molecule has 0 aromatic heterocycles. The molecule has 74 valence electrons. The first-order chi connectivity index (χ1) is 6.66. The zero-order valence-corrected chi connectivity index (χ0v) is 7.43. The molecule has 0 saturated carbocycles. The lowest BCUT2D eigenvalue weighted by molar-refractivity contribution is 0.0519. The van der Waals surface area contributed by atoms with E-state index in [1.165, 1.54) is 0 Å². The zero-order valence-electron chi connectivity index (χ0n) is 7.43. The van der Waals surface area contributed by atoms with Crippen molar-refractivity contribution in [3.63, 3.8) is 0 Å². The maximum atomic E-state index is 10.4. The molecule has 1 unspecified atom stereocenters. The molecule has 1 aliphatic carbocycles. The van der Waals surface area contributed by atoms with Crippen LogP contribution in [-0.4, -0.2) is 16.4 Å². The molecule has 4 nitrogen and oxygen atoms in total. The van der Waals surface area contributed by atoms with Gasteiger partial charge in [-0.1, -0.05) is 6.07 Å². The van der Waals surface area contributed by atoms with Crippen LogP contribution in [0.1, 0.15) is 23.7 Å². The van der Waals surface area contributed by atoms with Gasteiger partial charge in [-0.05, 0) is 36.1 Å². The number of benzene rings is 1. The zero-order chi connectivity index (χ0) is 10.1. The Kier molecular flexibility index (Phi) is 2.04. The van der Waals surface area contributed by atoms with E-state index in [-0.39, 0.29) is 5.75 Å². The fourth-order valence-electron chi connectivity index (χ4n) is 1.80. The van der Waals surface area contributed by atoms with E-state index >= 15 is 0 Å². The number of fused-ring (bicyclic) bond motifs is 1. The molecule has 0 heterocycles. The maximum absolute atomic E-state index is 10.4. The molecule has 0 spiro atoms. The van der Waals surface area contributed by atoms with Gasteiger partial charge in [0.15, 0.2) is 0 Å². The van der Waals surface area contributed by atoms with Gasteiger partial charge in [-0.25, -0.2) is 4.79 Å². The highest BCUT2D eigenvalue weighted by Gasteiger charge is 2.25. The molecule has 4 heteroatoms. The van der Waals surface area contributed by atoms with Crippen molar-refractivity contribution in [2.45, 2.75) is 18.9 Å².